The molecule has 0 bridgehead atoms. The average Bonchev–Trinajstić information content (AvgIpc) is 2.99. The molecule has 0 unspecified atom stereocenters. The van der Waals surface area contributed by atoms with Crippen molar-refractivity contribution < 1.29 is 9.53 Å². The standard InChI is InChI=1S/C17H20N4O2S/c1-10-5-14(6-11(2)16(10)23-13(4)22)7-18-8-15-9-21-17(19-15)24-12(3)20-21/h5-6,9,18H,7-8H2,1-4H3. The second kappa shape index (κ2) is 6.70. The summed E-state index contributed by atoms with van der Waals surface area (Å²) in [5, 5.41) is 8.76. The van der Waals surface area contributed by atoms with E-state index in [9.17, 15) is 4.79 Å². The van der Waals surface area contributed by atoms with Gasteiger partial charge in [0, 0.05) is 20.0 Å². The normalized spacial score (nSPS) is 11.2. The first-order valence-corrected chi connectivity index (χ1v) is 8.55. The van der Waals surface area contributed by atoms with Crippen molar-refractivity contribution in [3.63, 3.8) is 0 Å². The van der Waals surface area contributed by atoms with E-state index in [4.69, 9.17) is 4.74 Å². The van der Waals surface area contributed by atoms with Crippen LogP contribution in [-0.4, -0.2) is 20.6 Å². The Kier molecular flexibility index (Phi) is 4.64. The largest absolute Gasteiger partial charge is 0.426 e. The molecular weight excluding hydrogens is 324 g/mol. The zero-order chi connectivity index (χ0) is 17.3. The van der Waals surface area contributed by atoms with E-state index in [1.54, 1.807) is 11.3 Å². The van der Waals surface area contributed by atoms with Gasteiger partial charge in [-0.2, -0.15) is 5.10 Å². The van der Waals surface area contributed by atoms with Crippen molar-refractivity contribution in [3.8, 4) is 5.75 Å². The summed E-state index contributed by atoms with van der Waals surface area (Å²) < 4.78 is 7.08. The highest BCUT2D eigenvalue weighted by Crippen LogP contribution is 2.25. The summed E-state index contributed by atoms with van der Waals surface area (Å²) in [5.41, 5.74) is 4.04. The Morgan fingerprint density at radius 1 is 1.25 bits per heavy atom. The van der Waals surface area contributed by atoms with Gasteiger partial charge in [0.2, 0.25) is 4.96 Å². The van der Waals surface area contributed by atoms with E-state index in [1.807, 2.05) is 43.6 Å². The fourth-order valence-electron chi connectivity index (χ4n) is 2.71. The van der Waals surface area contributed by atoms with E-state index in [1.165, 1.54) is 6.92 Å². The second-order valence-electron chi connectivity index (χ2n) is 5.84. The smallest absolute Gasteiger partial charge is 0.308 e. The van der Waals surface area contributed by atoms with Crippen molar-refractivity contribution in [2.24, 2.45) is 0 Å². The number of benzene rings is 1. The number of aryl methyl sites for hydroxylation is 3. The molecule has 7 heteroatoms. The Balaban J connectivity index is 1.63. The van der Waals surface area contributed by atoms with Crippen LogP contribution in [0.1, 0.15) is 34.3 Å². The SMILES string of the molecule is CC(=O)Oc1c(C)cc(CNCc2cn3nc(C)sc3n2)cc1C. The van der Waals surface area contributed by atoms with E-state index in [2.05, 4.69) is 15.4 Å². The number of nitrogens with zero attached hydrogens (tertiary/aromatic N) is 3. The van der Waals surface area contributed by atoms with Gasteiger partial charge in [0.1, 0.15) is 10.8 Å². The van der Waals surface area contributed by atoms with Gasteiger partial charge in [-0.1, -0.05) is 23.5 Å². The van der Waals surface area contributed by atoms with Crippen LogP contribution in [0.15, 0.2) is 18.3 Å². The zero-order valence-electron chi connectivity index (χ0n) is 14.2. The number of aromatic nitrogens is 3. The third-order valence-corrected chi connectivity index (χ3v) is 4.43. The lowest BCUT2D eigenvalue weighted by Gasteiger charge is -2.12. The predicted octanol–water partition coefficient (Wildman–Crippen LogP) is 2.93. The van der Waals surface area contributed by atoms with E-state index >= 15 is 0 Å². The minimum Gasteiger partial charge on any atom is -0.426 e. The molecule has 3 aromatic rings. The minimum absolute atomic E-state index is 0.296. The van der Waals surface area contributed by atoms with Gasteiger partial charge in [-0.05, 0) is 37.5 Å². The van der Waals surface area contributed by atoms with Crippen molar-refractivity contribution in [1.82, 2.24) is 19.9 Å². The van der Waals surface area contributed by atoms with Gasteiger partial charge in [-0.15, -0.1) is 0 Å². The van der Waals surface area contributed by atoms with Gasteiger partial charge in [0.05, 0.1) is 11.9 Å². The summed E-state index contributed by atoms with van der Waals surface area (Å²) in [6.45, 7) is 8.69. The van der Waals surface area contributed by atoms with E-state index in [0.717, 1.165) is 38.9 Å². The minimum atomic E-state index is -0.296. The first kappa shape index (κ1) is 16.6. The van der Waals surface area contributed by atoms with Crippen molar-refractivity contribution >= 4 is 22.3 Å². The lowest BCUT2D eigenvalue weighted by Crippen LogP contribution is -2.13. The van der Waals surface area contributed by atoms with Crippen LogP contribution >= 0.6 is 11.3 Å². The van der Waals surface area contributed by atoms with Crippen molar-refractivity contribution in [2.45, 2.75) is 40.8 Å². The molecule has 1 N–H and O–H groups in total. The number of hydrogen-bond acceptors (Lipinski definition) is 6. The molecule has 2 aromatic heterocycles. The molecule has 0 atom stereocenters. The molecule has 0 aliphatic heterocycles. The van der Waals surface area contributed by atoms with Gasteiger partial charge in [-0.25, -0.2) is 9.50 Å². The summed E-state index contributed by atoms with van der Waals surface area (Å²) in [6, 6.07) is 4.07. The highest BCUT2D eigenvalue weighted by molar-refractivity contribution is 7.16. The lowest BCUT2D eigenvalue weighted by molar-refractivity contribution is -0.131. The Bertz CT molecular complexity index is 843. The van der Waals surface area contributed by atoms with Crippen LogP contribution in [0.2, 0.25) is 0 Å². The molecular formula is C17H20N4O2S. The number of nitrogens with one attached hydrogen (secondary N) is 1. The first-order chi connectivity index (χ1) is 11.4. The van der Waals surface area contributed by atoms with Gasteiger partial charge >= 0.3 is 5.97 Å². The van der Waals surface area contributed by atoms with Gasteiger partial charge < -0.3 is 10.1 Å². The molecule has 126 valence electrons. The van der Waals surface area contributed by atoms with E-state index in [-0.39, 0.29) is 5.97 Å². The monoisotopic (exact) mass is 344 g/mol. The number of hydrogen-bond donors (Lipinski definition) is 1. The van der Waals surface area contributed by atoms with Gasteiger partial charge in [-0.3, -0.25) is 4.79 Å². The van der Waals surface area contributed by atoms with Crippen LogP contribution in [-0.2, 0) is 17.9 Å². The first-order valence-electron chi connectivity index (χ1n) is 7.73. The summed E-state index contributed by atoms with van der Waals surface area (Å²) in [4.78, 5) is 16.6. The second-order valence-corrected chi connectivity index (χ2v) is 7.00. The van der Waals surface area contributed by atoms with Crippen molar-refractivity contribution in [1.29, 1.82) is 0 Å². The summed E-state index contributed by atoms with van der Waals surface area (Å²) in [5.74, 6) is 0.359. The number of esters is 1. The molecule has 0 fully saturated rings. The number of ether oxygens (including phenoxy) is 1. The molecule has 0 saturated heterocycles. The fourth-order valence-corrected chi connectivity index (χ4v) is 3.45. The average molecular weight is 344 g/mol. The van der Waals surface area contributed by atoms with Crippen LogP contribution in [0, 0.1) is 20.8 Å². The van der Waals surface area contributed by atoms with Crippen LogP contribution in [0.5, 0.6) is 5.75 Å². The lowest BCUT2D eigenvalue weighted by atomic mass is 10.1. The molecule has 0 radical (unpaired) electrons. The summed E-state index contributed by atoms with van der Waals surface area (Å²) in [6.07, 6.45) is 1.95. The van der Waals surface area contributed by atoms with E-state index in [0.29, 0.717) is 12.3 Å². The topological polar surface area (TPSA) is 68.5 Å². The molecule has 0 saturated carbocycles. The quantitative estimate of drug-likeness (QED) is 0.569. The molecule has 2 heterocycles. The van der Waals surface area contributed by atoms with Crippen LogP contribution < -0.4 is 10.1 Å². The molecule has 0 aliphatic carbocycles. The molecule has 0 amide bonds. The number of fused-ring (bicyclic) bond motifs is 1. The van der Waals surface area contributed by atoms with Gasteiger partial charge in [0.15, 0.2) is 0 Å². The molecule has 3 rings (SSSR count). The molecule has 24 heavy (non-hydrogen) atoms. The maximum atomic E-state index is 11.2. The molecule has 1 aromatic carbocycles. The Morgan fingerprint density at radius 2 is 1.96 bits per heavy atom. The zero-order valence-corrected chi connectivity index (χ0v) is 15.0. The van der Waals surface area contributed by atoms with Crippen molar-refractivity contribution in [3.05, 3.63) is 45.7 Å². The third-order valence-electron chi connectivity index (χ3n) is 3.60. The highest BCUT2D eigenvalue weighted by Gasteiger charge is 2.09. The number of carbonyl (C=O) groups is 1. The van der Waals surface area contributed by atoms with Crippen LogP contribution in [0.3, 0.4) is 0 Å². The summed E-state index contributed by atoms with van der Waals surface area (Å²) in [7, 11) is 0. The highest BCUT2D eigenvalue weighted by atomic mass is 32.1. The van der Waals surface area contributed by atoms with E-state index < -0.39 is 0 Å². The molecule has 0 spiro atoms. The number of imidazole rings is 1. The summed E-state index contributed by atoms with van der Waals surface area (Å²) >= 11 is 1.58. The fraction of sp³-hybridized carbons (Fsp3) is 0.353. The van der Waals surface area contributed by atoms with Crippen LogP contribution in [0.4, 0.5) is 0 Å². The Hall–Kier alpha value is -2.25. The molecule has 6 nitrogen and oxygen atoms in total. The maximum Gasteiger partial charge on any atom is 0.308 e. The Morgan fingerprint density at radius 3 is 2.58 bits per heavy atom. The predicted molar refractivity (Wildman–Crippen MR) is 93.4 cm³/mol. The van der Waals surface area contributed by atoms with Crippen molar-refractivity contribution in [2.75, 3.05) is 0 Å². The van der Waals surface area contributed by atoms with Gasteiger partial charge in [0.25, 0.3) is 0 Å². The molecule has 0 aliphatic rings. The number of carbonyl (C=O) groups excluding carboxylic acids is 1. The Labute approximate surface area is 144 Å². The van der Waals surface area contributed by atoms with Crippen LogP contribution in [0.25, 0.3) is 4.96 Å². The third kappa shape index (κ3) is 3.63. The maximum absolute atomic E-state index is 11.2. The number of rotatable bonds is 5.